The van der Waals surface area contributed by atoms with Crippen molar-refractivity contribution in [3.63, 3.8) is 0 Å². The van der Waals surface area contributed by atoms with Gasteiger partial charge in [0.2, 0.25) is 0 Å². The van der Waals surface area contributed by atoms with Crippen molar-refractivity contribution in [3.8, 4) is 6.07 Å². The Morgan fingerprint density at radius 1 is 1.43 bits per heavy atom. The average Bonchev–Trinajstić information content (AvgIpc) is 2.15. The van der Waals surface area contributed by atoms with E-state index in [0.717, 1.165) is 5.56 Å². The zero-order chi connectivity index (χ0) is 10.7. The quantitative estimate of drug-likeness (QED) is 0.730. The first kappa shape index (κ1) is 11.0. The zero-order valence-corrected chi connectivity index (χ0v) is 8.36. The van der Waals surface area contributed by atoms with Crippen LogP contribution in [0, 0.1) is 18.3 Å². The molecular weight excluding hydrogens is 202 g/mol. The van der Waals surface area contributed by atoms with Crippen LogP contribution in [-0.2, 0) is 0 Å². The number of nitrogens with zero attached hydrogens (tertiary/aromatic N) is 1. The SMILES string of the molecule is Cc1cc(Cl)ccc1C(O)C(O)C#N. The molecule has 0 aliphatic rings. The van der Waals surface area contributed by atoms with Gasteiger partial charge in [-0.25, -0.2) is 0 Å². The van der Waals surface area contributed by atoms with E-state index in [2.05, 4.69) is 0 Å². The molecule has 3 nitrogen and oxygen atoms in total. The van der Waals surface area contributed by atoms with Crippen LogP contribution in [0.5, 0.6) is 0 Å². The summed E-state index contributed by atoms with van der Waals surface area (Å²) in [6.45, 7) is 1.76. The Morgan fingerprint density at radius 2 is 2.07 bits per heavy atom. The Bertz CT molecular complexity index is 373. The molecule has 2 atom stereocenters. The van der Waals surface area contributed by atoms with Gasteiger partial charge < -0.3 is 10.2 Å². The molecule has 14 heavy (non-hydrogen) atoms. The second-order valence-corrected chi connectivity index (χ2v) is 3.46. The topological polar surface area (TPSA) is 64.2 Å². The highest BCUT2D eigenvalue weighted by atomic mass is 35.5. The summed E-state index contributed by atoms with van der Waals surface area (Å²) in [4.78, 5) is 0. The van der Waals surface area contributed by atoms with E-state index in [1.165, 1.54) is 0 Å². The molecule has 74 valence electrons. The maximum absolute atomic E-state index is 9.55. The lowest BCUT2D eigenvalue weighted by Gasteiger charge is -2.14. The standard InChI is InChI=1S/C10H10ClNO2/c1-6-4-7(11)2-3-8(6)10(14)9(13)5-12/h2-4,9-10,13-14H,1H3. The van der Waals surface area contributed by atoms with E-state index in [9.17, 15) is 5.11 Å². The smallest absolute Gasteiger partial charge is 0.170 e. The molecule has 0 aliphatic heterocycles. The van der Waals surface area contributed by atoms with Gasteiger partial charge >= 0.3 is 0 Å². The molecule has 2 N–H and O–H groups in total. The summed E-state index contributed by atoms with van der Waals surface area (Å²) in [6.07, 6.45) is -2.59. The number of aliphatic hydroxyl groups excluding tert-OH is 2. The molecular formula is C10H10ClNO2. The minimum Gasteiger partial charge on any atom is -0.385 e. The van der Waals surface area contributed by atoms with Gasteiger partial charge in [0.1, 0.15) is 6.10 Å². The van der Waals surface area contributed by atoms with Crippen molar-refractivity contribution in [1.82, 2.24) is 0 Å². The fourth-order valence-electron chi connectivity index (χ4n) is 1.21. The molecule has 1 rings (SSSR count). The molecule has 0 amide bonds. The van der Waals surface area contributed by atoms with E-state index < -0.39 is 12.2 Å². The lowest BCUT2D eigenvalue weighted by molar-refractivity contribution is 0.0524. The van der Waals surface area contributed by atoms with Crippen LogP contribution in [-0.4, -0.2) is 16.3 Å². The van der Waals surface area contributed by atoms with Gasteiger partial charge in [0.05, 0.1) is 6.07 Å². The Labute approximate surface area is 87.2 Å². The normalized spacial score (nSPS) is 14.5. The van der Waals surface area contributed by atoms with E-state index >= 15 is 0 Å². The summed E-state index contributed by atoms with van der Waals surface area (Å²) >= 11 is 5.73. The van der Waals surface area contributed by atoms with Crippen LogP contribution in [0.1, 0.15) is 17.2 Å². The number of rotatable bonds is 2. The Morgan fingerprint density at radius 3 is 2.57 bits per heavy atom. The molecule has 0 heterocycles. The van der Waals surface area contributed by atoms with Crippen LogP contribution < -0.4 is 0 Å². The van der Waals surface area contributed by atoms with E-state index in [1.54, 1.807) is 31.2 Å². The second-order valence-electron chi connectivity index (χ2n) is 3.02. The summed E-state index contributed by atoms with van der Waals surface area (Å²) < 4.78 is 0. The maximum Gasteiger partial charge on any atom is 0.170 e. The van der Waals surface area contributed by atoms with E-state index in [4.69, 9.17) is 22.0 Å². The molecule has 1 aromatic carbocycles. The number of hydrogen-bond donors (Lipinski definition) is 2. The largest absolute Gasteiger partial charge is 0.385 e. The third-order valence-corrected chi connectivity index (χ3v) is 2.22. The first-order valence-electron chi connectivity index (χ1n) is 4.08. The highest BCUT2D eigenvalue weighted by Gasteiger charge is 2.19. The fourth-order valence-corrected chi connectivity index (χ4v) is 1.44. The molecule has 0 aromatic heterocycles. The molecule has 2 unspecified atom stereocenters. The van der Waals surface area contributed by atoms with Crippen molar-refractivity contribution >= 4 is 11.6 Å². The van der Waals surface area contributed by atoms with Gasteiger partial charge in [-0.2, -0.15) is 5.26 Å². The minimum atomic E-state index is -1.41. The molecule has 0 saturated heterocycles. The Hall–Kier alpha value is -1.08. The van der Waals surface area contributed by atoms with Gasteiger partial charge in [0.15, 0.2) is 6.10 Å². The van der Waals surface area contributed by atoms with Gasteiger partial charge in [-0.15, -0.1) is 0 Å². The Balaban J connectivity index is 3.03. The summed E-state index contributed by atoms with van der Waals surface area (Å²) in [6, 6.07) is 6.46. The number of benzene rings is 1. The molecule has 4 heteroatoms. The minimum absolute atomic E-state index is 0.517. The van der Waals surface area contributed by atoms with E-state index in [-0.39, 0.29) is 0 Å². The van der Waals surface area contributed by atoms with Gasteiger partial charge in [-0.1, -0.05) is 17.7 Å². The number of halogens is 1. The summed E-state index contributed by atoms with van der Waals surface area (Å²) in [5, 5.41) is 27.7. The Kier molecular flexibility index (Phi) is 3.48. The number of aliphatic hydroxyl groups is 2. The van der Waals surface area contributed by atoms with E-state index in [1.807, 2.05) is 0 Å². The third-order valence-electron chi connectivity index (χ3n) is 1.98. The second kappa shape index (κ2) is 4.43. The molecule has 1 aromatic rings. The average molecular weight is 212 g/mol. The van der Waals surface area contributed by atoms with Crippen LogP contribution in [0.25, 0.3) is 0 Å². The molecule has 0 aliphatic carbocycles. The lowest BCUT2D eigenvalue weighted by Crippen LogP contribution is -2.16. The molecule has 0 saturated carbocycles. The summed E-state index contributed by atoms with van der Waals surface area (Å²) in [5.74, 6) is 0. The lowest BCUT2D eigenvalue weighted by atomic mass is 10.0. The van der Waals surface area contributed by atoms with Gasteiger partial charge in [-0.3, -0.25) is 0 Å². The van der Waals surface area contributed by atoms with Crippen molar-refractivity contribution < 1.29 is 10.2 Å². The highest BCUT2D eigenvalue weighted by molar-refractivity contribution is 6.30. The first-order valence-corrected chi connectivity index (χ1v) is 4.46. The first-order chi connectivity index (χ1) is 6.56. The number of aryl methyl sites for hydroxylation is 1. The van der Waals surface area contributed by atoms with E-state index in [0.29, 0.717) is 10.6 Å². The van der Waals surface area contributed by atoms with Gasteiger partial charge in [0.25, 0.3) is 0 Å². The summed E-state index contributed by atoms with van der Waals surface area (Å²) in [7, 11) is 0. The van der Waals surface area contributed by atoms with Crippen molar-refractivity contribution in [1.29, 1.82) is 5.26 Å². The molecule has 0 bridgehead atoms. The van der Waals surface area contributed by atoms with Crippen LogP contribution in [0.3, 0.4) is 0 Å². The van der Waals surface area contributed by atoms with Gasteiger partial charge in [-0.05, 0) is 30.2 Å². The van der Waals surface area contributed by atoms with Crippen LogP contribution in [0.4, 0.5) is 0 Å². The van der Waals surface area contributed by atoms with Crippen molar-refractivity contribution in [3.05, 3.63) is 34.3 Å². The zero-order valence-electron chi connectivity index (χ0n) is 7.61. The number of nitriles is 1. The van der Waals surface area contributed by atoms with Crippen LogP contribution in [0.15, 0.2) is 18.2 Å². The monoisotopic (exact) mass is 211 g/mol. The molecule has 0 radical (unpaired) electrons. The number of hydrogen-bond acceptors (Lipinski definition) is 3. The van der Waals surface area contributed by atoms with Crippen LogP contribution in [0.2, 0.25) is 5.02 Å². The van der Waals surface area contributed by atoms with Crippen molar-refractivity contribution in [2.75, 3.05) is 0 Å². The van der Waals surface area contributed by atoms with Crippen molar-refractivity contribution in [2.24, 2.45) is 0 Å². The maximum atomic E-state index is 9.55. The van der Waals surface area contributed by atoms with Gasteiger partial charge in [0, 0.05) is 5.02 Å². The summed E-state index contributed by atoms with van der Waals surface area (Å²) in [5.41, 5.74) is 1.27. The molecule has 0 spiro atoms. The predicted octanol–water partition coefficient (Wildman–Crippen LogP) is 1.57. The fraction of sp³-hybridized carbons (Fsp3) is 0.300. The van der Waals surface area contributed by atoms with Crippen LogP contribution >= 0.6 is 11.6 Å². The molecule has 0 fully saturated rings. The third kappa shape index (κ3) is 2.24. The highest BCUT2D eigenvalue weighted by Crippen LogP contribution is 2.23. The predicted molar refractivity (Wildman–Crippen MR) is 52.8 cm³/mol. The van der Waals surface area contributed by atoms with Crippen molar-refractivity contribution in [2.45, 2.75) is 19.1 Å².